The first-order valence-electron chi connectivity index (χ1n) is 5.19. The molecule has 1 rings (SSSR count). The Morgan fingerprint density at radius 2 is 1.93 bits per heavy atom. The molecule has 0 heterocycles. The zero-order chi connectivity index (χ0) is 11.1. The van der Waals surface area contributed by atoms with Crippen molar-refractivity contribution in [2.45, 2.75) is 26.9 Å². The molecule has 2 heteroatoms. The van der Waals surface area contributed by atoms with Crippen LogP contribution >= 0.6 is 0 Å². The van der Waals surface area contributed by atoms with Crippen molar-refractivity contribution in [1.82, 2.24) is 0 Å². The third-order valence-corrected chi connectivity index (χ3v) is 2.24. The summed E-state index contributed by atoms with van der Waals surface area (Å²) < 4.78 is 5.58. The lowest BCUT2D eigenvalue weighted by atomic mass is 9.91. The Kier molecular flexibility index (Phi) is 4.50. The summed E-state index contributed by atoms with van der Waals surface area (Å²) in [6.45, 7) is 5.29. The molecule has 0 amide bonds. The van der Waals surface area contributed by atoms with Crippen LogP contribution in [-0.4, -0.2) is 12.9 Å². The maximum absolute atomic E-state index is 10.4. The van der Waals surface area contributed by atoms with E-state index in [1.165, 1.54) is 5.56 Å². The Labute approximate surface area is 91.3 Å². The van der Waals surface area contributed by atoms with Gasteiger partial charge in [0, 0.05) is 6.42 Å². The highest BCUT2D eigenvalue weighted by Gasteiger charge is 2.17. The number of benzene rings is 1. The second kappa shape index (κ2) is 5.66. The van der Waals surface area contributed by atoms with Crippen LogP contribution in [0.1, 0.15) is 25.8 Å². The molecule has 0 spiro atoms. The van der Waals surface area contributed by atoms with E-state index >= 15 is 0 Å². The van der Waals surface area contributed by atoms with Crippen LogP contribution < -0.4 is 0 Å². The highest BCUT2D eigenvalue weighted by atomic mass is 16.5. The van der Waals surface area contributed by atoms with E-state index in [-0.39, 0.29) is 5.41 Å². The van der Waals surface area contributed by atoms with E-state index in [9.17, 15) is 4.79 Å². The van der Waals surface area contributed by atoms with Crippen LogP contribution in [0.4, 0.5) is 0 Å². The topological polar surface area (TPSA) is 26.3 Å². The summed E-state index contributed by atoms with van der Waals surface area (Å²) in [5, 5.41) is 0. The van der Waals surface area contributed by atoms with Crippen LogP contribution in [0.2, 0.25) is 0 Å². The highest BCUT2D eigenvalue weighted by Crippen LogP contribution is 2.19. The van der Waals surface area contributed by atoms with Crippen LogP contribution in [0.3, 0.4) is 0 Å². The van der Waals surface area contributed by atoms with Gasteiger partial charge in [0.05, 0.1) is 13.2 Å². The SMILES string of the molecule is CC(C)(CC=O)COCc1ccccc1. The fraction of sp³-hybridized carbons (Fsp3) is 0.462. The van der Waals surface area contributed by atoms with Gasteiger partial charge >= 0.3 is 0 Å². The molecular formula is C13H18O2. The second-order valence-corrected chi connectivity index (χ2v) is 4.51. The average Bonchev–Trinajstić information content (AvgIpc) is 2.19. The van der Waals surface area contributed by atoms with Gasteiger partial charge in [-0.05, 0) is 11.0 Å². The lowest BCUT2D eigenvalue weighted by Gasteiger charge is -2.21. The van der Waals surface area contributed by atoms with Crippen molar-refractivity contribution in [2.75, 3.05) is 6.61 Å². The monoisotopic (exact) mass is 206 g/mol. The lowest BCUT2D eigenvalue weighted by molar-refractivity contribution is -0.110. The van der Waals surface area contributed by atoms with Gasteiger partial charge < -0.3 is 9.53 Å². The summed E-state index contributed by atoms with van der Waals surface area (Å²) >= 11 is 0. The van der Waals surface area contributed by atoms with Gasteiger partial charge in [0.15, 0.2) is 0 Å². The van der Waals surface area contributed by atoms with Crippen LogP contribution in [0.15, 0.2) is 30.3 Å². The van der Waals surface area contributed by atoms with Gasteiger partial charge in [-0.25, -0.2) is 0 Å². The molecule has 0 aromatic heterocycles. The molecule has 0 bridgehead atoms. The normalized spacial score (nSPS) is 11.3. The van der Waals surface area contributed by atoms with Gasteiger partial charge in [-0.1, -0.05) is 44.2 Å². The number of aldehydes is 1. The number of rotatable bonds is 6. The smallest absolute Gasteiger partial charge is 0.120 e. The minimum atomic E-state index is -0.0590. The van der Waals surface area contributed by atoms with E-state index in [0.717, 1.165) is 6.29 Å². The largest absolute Gasteiger partial charge is 0.376 e. The average molecular weight is 206 g/mol. The number of ether oxygens (including phenoxy) is 1. The molecule has 0 atom stereocenters. The van der Waals surface area contributed by atoms with E-state index in [4.69, 9.17) is 4.74 Å². The van der Waals surface area contributed by atoms with Gasteiger partial charge in [0.2, 0.25) is 0 Å². The van der Waals surface area contributed by atoms with Gasteiger partial charge in [0.25, 0.3) is 0 Å². The summed E-state index contributed by atoms with van der Waals surface area (Å²) in [6, 6.07) is 10.0. The predicted molar refractivity (Wildman–Crippen MR) is 60.6 cm³/mol. The lowest BCUT2D eigenvalue weighted by Crippen LogP contribution is -2.19. The standard InChI is InChI=1S/C13H18O2/c1-13(2,8-9-14)11-15-10-12-6-4-3-5-7-12/h3-7,9H,8,10-11H2,1-2H3. The fourth-order valence-corrected chi connectivity index (χ4v) is 1.30. The van der Waals surface area contributed by atoms with Crippen molar-refractivity contribution in [2.24, 2.45) is 5.41 Å². The number of hydrogen-bond donors (Lipinski definition) is 0. The molecule has 82 valence electrons. The number of carbonyl (C=O) groups excluding carboxylic acids is 1. The van der Waals surface area contributed by atoms with Crippen molar-refractivity contribution in [1.29, 1.82) is 0 Å². The zero-order valence-corrected chi connectivity index (χ0v) is 9.40. The van der Waals surface area contributed by atoms with Crippen LogP contribution in [0.25, 0.3) is 0 Å². The maximum atomic E-state index is 10.4. The van der Waals surface area contributed by atoms with Crippen LogP contribution in [-0.2, 0) is 16.1 Å². The molecule has 1 aromatic carbocycles. The minimum absolute atomic E-state index is 0.0590. The molecule has 15 heavy (non-hydrogen) atoms. The summed E-state index contributed by atoms with van der Waals surface area (Å²) in [7, 11) is 0. The van der Waals surface area contributed by atoms with Gasteiger partial charge in [-0.2, -0.15) is 0 Å². The Morgan fingerprint density at radius 1 is 1.27 bits per heavy atom. The molecule has 1 aromatic rings. The Balaban J connectivity index is 2.30. The van der Waals surface area contributed by atoms with Crippen molar-refractivity contribution in [3.8, 4) is 0 Å². The van der Waals surface area contributed by atoms with Crippen molar-refractivity contribution < 1.29 is 9.53 Å². The van der Waals surface area contributed by atoms with Gasteiger partial charge in [-0.3, -0.25) is 0 Å². The van der Waals surface area contributed by atoms with Gasteiger partial charge in [-0.15, -0.1) is 0 Å². The first-order chi connectivity index (χ1) is 7.14. The first kappa shape index (κ1) is 11.9. The van der Waals surface area contributed by atoms with Crippen molar-refractivity contribution >= 4 is 6.29 Å². The number of hydrogen-bond acceptors (Lipinski definition) is 2. The predicted octanol–water partition coefficient (Wildman–Crippen LogP) is 2.82. The summed E-state index contributed by atoms with van der Waals surface area (Å²) in [5.41, 5.74) is 1.11. The molecule has 0 aliphatic rings. The minimum Gasteiger partial charge on any atom is -0.376 e. The molecule has 0 saturated heterocycles. The molecule has 0 radical (unpaired) electrons. The van der Waals surface area contributed by atoms with Crippen molar-refractivity contribution in [3.63, 3.8) is 0 Å². The summed E-state index contributed by atoms with van der Waals surface area (Å²) in [6.07, 6.45) is 1.49. The van der Waals surface area contributed by atoms with Crippen LogP contribution in [0.5, 0.6) is 0 Å². The molecule has 0 aliphatic heterocycles. The summed E-state index contributed by atoms with van der Waals surface area (Å²) in [5.74, 6) is 0. The molecule has 0 unspecified atom stereocenters. The Hall–Kier alpha value is -1.15. The van der Waals surface area contributed by atoms with E-state index in [1.807, 2.05) is 44.2 Å². The van der Waals surface area contributed by atoms with Crippen molar-refractivity contribution in [3.05, 3.63) is 35.9 Å². The molecule has 0 saturated carbocycles. The molecule has 0 aliphatic carbocycles. The Morgan fingerprint density at radius 3 is 2.53 bits per heavy atom. The zero-order valence-electron chi connectivity index (χ0n) is 9.40. The third kappa shape index (κ3) is 4.75. The molecule has 0 N–H and O–H groups in total. The number of carbonyl (C=O) groups is 1. The quantitative estimate of drug-likeness (QED) is 0.669. The fourth-order valence-electron chi connectivity index (χ4n) is 1.30. The second-order valence-electron chi connectivity index (χ2n) is 4.51. The third-order valence-electron chi connectivity index (χ3n) is 2.24. The maximum Gasteiger partial charge on any atom is 0.120 e. The van der Waals surface area contributed by atoms with E-state index in [2.05, 4.69) is 0 Å². The summed E-state index contributed by atoms with van der Waals surface area (Å²) in [4.78, 5) is 10.4. The van der Waals surface area contributed by atoms with E-state index in [0.29, 0.717) is 19.6 Å². The first-order valence-corrected chi connectivity index (χ1v) is 5.19. The van der Waals surface area contributed by atoms with Gasteiger partial charge in [0.1, 0.15) is 6.29 Å². The van der Waals surface area contributed by atoms with E-state index in [1.54, 1.807) is 0 Å². The van der Waals surface area contributed by atoms with E-state index < -0.39 is 0 Å². The Bertz CT molecular complexity index is 291. The van der Waals surface area contributed by atoms with Crippen LogP contribution in [0, 0.1) is 5.41 Å². The molecule has 0 fully saturated rings. The molecule has 2 nitrogen and oxygen atoms in total. The molecular weight excluding hydrogens is 188 g/mol. The highest BCUT2D eigenvalue weighted by molar-refractivity contribution is 5.50.